The third kappa shape index (κ3) is 7.08. The van der Waals surface area contributed by atoms with Crippen LogP contribution >= 0.6 is 0 Å². The molecule has 0 spiro atoms. The van der Waals surface area contributed by atoms with Gasteiger partial charge in [0.05, 0.1) is 42.5 Å². The number of nitrogens with zero attached hydrogens (tertiary/aromatic N) is 4. The SMILES string of the molecule is CCOc1cc(C(=O)N2CCc3c(c(=O)oc4c(C)c(N5CCN(C)[C@@H](COC)C5)cc(CC)c34)C2)c(F)cc1C(=O)NS(=O)(=O)N1CCCC1. The quantitative estimate of drug-likeness (QED) is 0.310. The van der Waals surface area contributed by atoms with Crippen molar-refractivity contribution in [1.82, 2.24) is 18.8 Å². The Morgan fingerprint density at radius 1 is 1.04 bits per heavy atom. The predicted molar refractivity (Wildman–Crippen MR) is 190 cm³/mol. The van der Waals surface area contributed by atoms with Crippen LogP contribution < -0.4 is 20.0 Å². The molecule has 1 N–H and O–H groups in total. The molecule has 0 bridgehead atoms. The van der Waals surface area contributed by atoms with Gasteiger partial charge >= 0.3 is 15.8 Å². The first-order valence-corrected chi connectivity index (χ1v) is 18.9. The number of rotatable bonds is 10. The molecular weight excluding hydrogens is 681 g/mol. The average Bonchev–Trinajstić information content (AvgIpc) is 3.67. The number of hydrogen-bond donors (Lipinski definition) is 1. The summed E-state index contributed by atoms with van der Waals surface area (Å²) < 4.78 is 61.3. The topological polar surface area (TPSA) is 142 Å². The molecule has 4 heterocycles. The molecule has 3 aliphatic heterocycles. The lowest BCUT2D eigenvalue weighted by Crippen LogP contribution is -2.53. The van der Waals surface area contributed by atoms with E-state index in [1.807, 2.05) is 11.6 Å². The van der Waals surface area contributed by atoms with Crippen LogP contribution in [0.25, 0.3) is 11.0 Å². The Kier molecular flexibility index (Phi) is 10.7. The molecule has 2 saturated heterocycles. The second-order valence-corrected chi connectivity index (χ2v) is 15.1. The van der Waals surface area contributed by atoms with Crippen LogP contribution in [0.1, 0.15) is 69.7 Å². The largest absolute Gasteiger partial charge is 0.493 e. The van der Waals surface area contributed by atoms with Crippen molar-refractivity contribution in [1.29, 1.82) is 0 Å². The maximum Gasteiger partial charge on any atom is 0.341 e. The standard InChI is InChI=1S/C36H46FN5O8S/c1-6-23-16-30(40-15-14-39(4)24(19-40)21-48-5)22(3)33-32(23)25-10-13-41(20-28(25)36(45)50-33)35(44)26-18-31(49-7-2)27(17-29(26)37)34(43)38-51(46,47)42-11-8-9-12-42/h16-18,24H,6-15,19-21H2,1-5H3,(H,38,43)/t24-/m1/s1. The summed E-state index contributed by atoms with van der Waals surface area (Å²) in [7, 11) is -0.337. The highest BCUT2D eigenvalue weighted by Gasteiger charge is 2.33. The van der Waals surface area contributed by atoms with Gasteiger partial charge in [-0.3, -0.25) is 14.5 Å². The van der Waals surface area contributed by atoms with Crippen molar-refractivity contribution in [2.75, 3.05) is 71.5 Å². The monoisotopic (exact) mass is 727 g/mol. The van der Waals surface area contributed by atoms with Gasteiger partial charge in [0, 0.05) is 63.0 Å². The molecule has 51 heavy (non-hydrogen) atoms. The number of anilines is 1. The molecule has 3 aliphatic rings. The maximum absolute atomic E-state index is 15.6. The molecule has 0 saturated carbocycles. The Morgan fingerprint density at radius 3 is 2.47 bits per heavy atom. The van der Waals surface area contributed by atoms with E-state index in [1.54, 1.807) is 14.0 Å². The zero-order chi connectivity index (χ0) is 36.6. The third-order valence-corrected chi connectivity index (χ3v) is 11.8. The van der Waals surface area contributed by atoms with Crippen molar-refractivity contribution >= 4 is 38.7 Å². The molecule has 2 fully saturated rings. The van der Waals surface area contributed by atoms with Crippen molar-refractivity contribution in [3.8, 4) is 5.75 Å². The van der Waals surface area contributed by atoms with Crippen molar-refractivity contribution in [2.24, 2.45) is 0 Å². The van der Waals surface area contributed by atoms with Gasteiger partial charge in [-0.2, -0.15) is 12.7 Å². The van der Waals surface area contributed by atoms with Crippen molar-refractivity contribution in [3.05, 3.63) is 67.8 Å². The third-order valence-electron chi connectivity index (χ3n) is 10.3. The molecule has 3 aromatic rings. The number of fused-ring (bicyclic) bond motifs is 3. The number of halogens is 1. The number of carbonyl (C=O) groups excluding carboxylic acids is 2. The van der Waals surface area contributed by atoms with Crippen LogP contribution in [0.5, 0.6) is 5.75 Å². The molecule has 0 aliphatic carbocycles. The zero-order valence-electron chi connectivity index (χ0n) is 29.8. The molecule has 2 amide bonds. The summed E-state index contributed by atoms with van der Waals surface area (Å²) in [5.41, 5.74) is 3.40. The molecule has 1 aromatic heterocycles. The van der Waals surface area contributed by atoms with Gasteiger partial charge in [0.1, 0.15) is 17.1 Å². The highest BCUT2D eigenvalue weighted by molar-refractivity contribution is 7.87. The van der Waals surface area contributed by atoms with Crippen LogP contribution in [0.2, 0.25) is 0 Å². The van der Waals surface area contributed by atoms with E-state index in [2.05, 4.69) is 29.8 Å². The van der Waals surface area contributed by atoms with Crippen molar-refractivity contribution < 1.29 is 36.3 Å². The van der Waals surface area contributed by atoms with Gasteiger partial charge in [0.15, 0.2) is 0 Å². The van der Waals surface area contributed by atoms with Gasteiger partial charge in [-0.05, 0) is 75.9 Å². The second kappa shape index (κ2) is 14.9. The Balaban J connectivity index is 1.29. The van der Waals surface area contributed by atoms with Gasteiger partial charge in [0.2, 0.25) is 0 Å². The van der Waals surface area contributed by atoms with Crippen LogP contribution in [0.3, 0.4) is 0 Å². The number of amides is 2. The van der Waals surface area contributed by atoms with E-state index in [0.717, 1.165) is 63.8 Å². The molecule has 276 valence electrons. The highest BCUT2D eigenvalue weighted by atomic mass is 32.2. The minimum atomic E-state index is -4.13. The zero-order valence-corrected chi connectivity index (χ0v) is 30.7. The first-order valence-electron chi connectivity index (χ1n) is 17.5. The first kappa shape index (κ1) is 36.7. The normalized spacial score (nSPS) is 18.7. The van der Waals surface area contributed by atoms with Crippen molar-refractivity contribution in [2.45, 2.75) is 59.0 Å². The smallest absolute Gasteiger partial charge is 0.341 e. The van der Waals surface area contributed by atoms with E-state index in [-0.39, 0.29) is 55.7 Å². The minimum absolute atomic E-state index is 0.0765. The number of hydrogen-bond acceptors (Lipinski definition) is 10. The van der Waals surface area contributed by atoms with Crippen LogP contribution in [0, 0.1) is 12.7 Å². The van der Waals surface area contributed by atoms with Crippen LogP contribution in [0.4, 0.5) is 10.1 Å². The molecule has 2 aromatic carbocycles. The summed E-state index contributed by atoms with van der Waals surface area (Å²) in [6.45, 7) is 9.52. The van der Waals surface area contributed by atoms with Crippen LogP contribution in [-0.4, -0.2) is 107 Å². The van der Waals surface area contributed by atoms with Crippen LogP contribution in [0.15, 0.2) is 27.4 Å². The Hall–Kier alpha value is -4.05. The summed E-state index contributed by atoms with van der Waals surface area (Å²) in [6, 6.07) is 4.34. The molecule has 6 rings (SSSR count). The number of benzene rings is 2. The molecule has 1 atom stereocenters. The average molecular weight is 728 g/mol. The highest BCUT2D eigenvalue weighted by Crippen LogP contribution is 2.37. The number of aryl methyl sites for hydroxylation is 2. The lowest BCUT2D eigenvalue weighted by molar-refractivity contribution is 0.0726. The van der Waals surface area contributed by atoms with Gasteiger partial charge in [-0.1, -0.05) is 6.92 Å². The Labute approximate surface area is 297 Å². The second-order valence-electron chi connectivity index (χ2n) is 13.4. The molecule has 0 unspecified atom stereocenters. The first-order chi connectivity index (χ1) is 24.4. The number of methoxy groups -OCH3 is 1. The number of ether oxygens (including phenoxy) is 2. The number of nitrogens with one attached hydrogen (secondary N) is 1. The van der Waals surface area contributed by atoms with E-state index in [0.29, 0.717) is 43.4 Å². The van der Waals surface area contributed by atoms with Gasteiger partial charge in [-0.25, -0.2) is 13.9 Å². The summed E-state index contributed by atoms with van der Waals surface area (Å²) in [4.78, 5) is 46.5. The van der Waals surface area contributed by atoms with E-state index in [9.17, 15) is 22.8 Å². The van der Waals surface area contributed by atoms with Gasteiger partial charge in [0.25, 0.3) is 11.8 Å². The lowest BCUT2D eigenvalue weighted by Gasteiger charge is -2.41. The van der Waals surface area contributed by atoms with Crippen LogP contribution in [-0.2, 0) is 34.3 Å². The van der Waals surface area contributed by atoms with E-state index in [1.165, 1.54) is 4.90 Å². The maximum atomic E-state index is 15.6. The van der Waals surface area contributed by atoms with E-state index < -0.39 is 33.5 Å². The summed E-state index contributed by atoms with van der Waals surface area (Å²) in [6.07, 6.45) is 2.41. The van der Waals surface area contributed by atoms with Gasteiger partial charge in [-0.15, -0.1) is 0 Å². The Bertz CT molecular complexity index is 2010. The van der Waals surface area contributed by atoms with Crippen molar-refractivity contribution in [3.63, 3.8) is 0 Å². The summed E-state index contributed by atoms with van der Waals surface area (Å²) >= 11 is 0. The lowest BCUT2D eigenvalue weighted by atomic mass is 9.91. The molecule has 0 radical (unpaired) electrons. The molecular formula is C36H46FN5O8S. The molecule has 15 heteroatoms. The number of carbonyl (C=O) groups is 2. The number of piperazine rings is 1. The number of likely N-dealkylation sites (N-methyl/N-ethyl adjacent to an activating group) is 1. The summed E-state index contributed by atoms with van der Waals surface area (Å²) in [5, 5.41) is 0.882. The fourth-order valence-electron chi connectivity index (χ4n) is 7.46. The molecule has 13 nitrogen and oxygen atoms in total. The van der Waals surface area contributed by atoms with E-state index >= 15 is 4.39 Å². The fraction of sp³-hybridized carbons (Fsp3) is 0.528. The minimum Gasteiger partial charge on any atom is -0.493 e. The van der Waals surface area contributed by atoms with Gasteiger partial charge < -0.3 is 23.7 Å². The van der Waals surface area contributed by atoms with E-state index in [4.69, 9.17) is 13.9 Å². The Morgan fingerprint density at radius 2 is 1.78 bits per heavy atom. The summed E-state index contributed by atoms with van der Waals surface area (Å²) in [5.74, 6) is -2.91. The fourth-order valence-corrected chi connectivity index (χ4v) is 8.67. The predicted octanol–water partition coefficient (Wildman–Crippen LogP) is 3.24.